The van der Waals surface area contributed by atoms with E-state index in [1.54, 1.807) is 34.1 Å². The summed E-state index contributed by atoms with van der Waals surface area (Å²) in [4.78, 5) is 18.4. The highest BCUT2D eigenvalue weighted by Gasteiger charge is 2.17. The normalized spacial score (nSPS) is 10.8. The molecule has 3 heterocycles. The van der Waals surface area contributed by atoms with E-state index in [0.717, 1.165) is 16.3 Å². The van der Waals surface area contributed by atoms with Crippen molar-refractivity contribution in [1.82, 2.24) is 14.6 Å². The van der Waals surface area contributed by atoms with Crippen LogP contribution in [0, 0.1) is 6.92 Å². The summed E-state index contributed by atoms with van der Waals surface area (Å²) in [6.07, 6.45) is 0. The molecule has 8 nitrogen and oxygen atoms in total. The zero-order chi connectivity index (χ0) is 21.3. The number of hydrogen-bond acceptors (Lipinski definition) is 7. The Bertz CT molecular complexity index is 1190. The summed E-state index contributed by atoms with van der Waals surface area (Å²) in [7, 11) is 4.57. The van der Waals surface area contributed by atoms with Crippen molar-refractivity contribution in [3.8, 4) is 27.8 Å². The second-order valence-corrected chi connectivity index (χ2v) is 7.38. The lowest BCUT2D eigenvalue weighted by atomic mass is 10.2. The number of nitrogens with zero attached hydrogens (tertiary/aromatic N) is 3. The van der Waals surface area contributed by atoms with Gasteiger partial charge in [0, 0.05) is 29.6 Å². The molecule has 0 atom stereocenters. The standard InChI is InChI=1S/C21H20N4O4S/c1-12-8-15(23-19-11-14(24-25(12)19)18-6-5-7-30-18)21(26)22-13-9-16(27-2)20(29-4)17(10-13)28-3/h5-11H,1-4H3,(H,22,26). The molecule has 0 spiro atoms. The second-order valence-electron chi connectivity index (χ2n) is 6.43. The third kappa shape index (κ3) is 3.55. The molecular weight excluding hydrogens is 404 g/mol. The number of anilines is 1. The lowest BCUT2D eigenvalue weighted by Gasteiger charge is -2.14. The van der Waals surface area contributed by atoms with Gasteiger partial charge >= 0.3 is 0 Å². The van der Waals surface area contributed by atoms with E-state index in [-0.39, 0.29) is 11.6 Å². The highest BCUT2D eigenvalue weighted by molar-refractivity contribution is 7.13. The largest absolute Gasteiger partial charge is 0.493 e. The van der Waals surface area contributed by atoms with Crippen LogP contribution in [0.5, 0.6) is 17.2 Å². The lowest BCUT2D eigenvalue weighted by molar-refractivity contribution is 0.102. The summed E-state index contributed by atoms with van der Waals surface area (Å²) >= 11 is 1.60. The van der Waals surface area contributed by atoms with Crippen molar-refractivity contribution >= 4 is 28.6 Å². The van der Waals surface area contributed by atoms with Gasteiger partial charge in [0.2, 0.25) is 5.75 Å². The van der Waals surface area contributed by atoms with Gasteiger partial charge in [-0.2, -0.15) is 5.10 Å². The van der Waals surface area contributed by atoms with E-state index in [2.05, 4.69) is 15.4 Å². The van der Waals surface area contributed by atoms with Crippen LogP contribution in [-0.2, 0) is 0 Å². The van der Waals surface area contributed by atoms with Crippen LogP contribution in [0.2, 0.25) is 0 Å². The molecule has 1 N–H and O–H groups in total. The molecule has 4 aromatic rings. The molecule has 0 aliphatic heterocycles. The maximum absolute atomic E-state index is 12.9. The minimum atomic E-state index is -0.353. The van der Waals surface area contributed by atoms with E-state index in [4.69, 9.17) is 14.2 Å². The van der Waals surface area contributed by atoms with E-state index in [0.29, 0.717) is 28.6 Å². The number of hydrogen-bond donors (Lipinski definition) is 1. The zero-order valence-electron chi connectivity index (χ0n) is 16.9. The minimum Gasteiger partial charge on any atom is -0.493 e. The third-order valence-electron chi connectivity index (χ3n) is 4.53. The lowest BCUT2D eigenvalue weighted by Crippen LogP contribution is -2.15. The van der Waals surface area contributed by atoms with Crippen molar-refractivity contribution in [3.63, 3.8) is 0 Å². The van der Waals surface area contributed by atoms with Gasteiger partial charge in [0.25, 0.3) is 5.91 Å². The molecule has 4 rings (SSSR count). The quantitative estimate of drug-likeness (QED) is 0.503. The highest BCUT2D eigenvalue weighted by Crippen LogP contribution is 2.40. The Morgan fingerprint density at radius 3 is 2.40 bits per heavy atom. The molecule has 0 saturated heterocycles. The Morgan fingerprint density at radius 2 is 1.80 bits per heavy atom. The van der Waals surface area contributed by atoms with E-state index in [9.17, 15) is 4.79 Å². The smallest absolute Gasteiger partial charge is 0.274 e. The number of benzene rings is 1. The Kier molecular flexibility index (Phi) is 5.28. The SMILES string of the molecule is COc1cc(NC(=O)c2cc(C)n3nc(-c4cccs4)cc3n2)cc(OC)c1OC. The van der Waals surface area contributed by atoms with Crippen molar-refractivity contribution < 1.29 is 19.0 Å². The van der Waals surface area contributed by atoms with E-state index in [1.807, 2.05) is 30.5 Å². The minimum absolute atomic E-state index is 0.284. The molecule has 9 heteroatoms. The fourth-order valence-electron chi connectivity index (χ4n) is 3.13. The molecule has 154 valence electrons. The van der Waals surface area contributed by atoms with Crippen LogP contribution in [0.4, 0.5) is 5.69 Å². The van der Waals surface area contributed by atoms with Crippen molar-refractivity contribution in [2.75, 3.05) is 26.6 Å². The predicted molar refractivity (Wildman–Crippen MR) is 115 cm³/mol. The van der Waals surface area contributed by atoms with Gasteiger partial charge in [-0.1, -0.05) is 6.07 Å². The number of rotatable bonds is 6. The number of aromatic nitrogens is 3. The number of thiophene rings is 1. The van der Waals surface area contributed by atoms with Crippen LogP contribution >= 0.6 is 11.3 Å². The third-order valence-corrected chi connectivity index (χ3v) is 5.43. The number of ether oxygens (including phenoxy) is 3. The second kappa shape index (κ2) is 8.03. The van der Waals surface area contributed by atoms with Gasteiger partial charge < -0.3 is 19.5 Å². The Morgan fingerprint density at radius 1 is 1.07 bits per heavy atom. The number of amides is 1. The maximum atomic E-state index is 12.9. The van der Waals surface area contributed by atoms with Gasteiger partial charge in [0.05, 0.1) is 26.2 Å². The van der Waals surface area contributed by atoms with Crippen LogP contribution in [-0.4, -0.2) is 41.8 Å². The van der Waals surface area contributed by atoms with Crippen LogP contribution < -0.4 is 19.5 Å². The summed E-state index contributed by atoms with van der Waals surface area (Å²) in [6, 6.07) is 10.9. The average molecular weight is 424 g/mol. The Hall–Kier alpha value is -3.59. The maximum Gasteiger partial charge on any atom is 0.274 e. The summed E-state index contributed by atoms with van der Waals surface area (Å²) < 4.78 is 17.7. The van der Waals surface area contributed by atoms with Gasteiger partial charge in [-0.05, 0) is 24.4 Å². The van der Waals surface area contributed by atoms with Crippen molar-refractivity contribution in [3.05, 3.63) is 53.2 Å². The van der Waals surface area contributed by atoms with E-state index in [1.165, 1.54) is 21.3 Å². The monoisotopic (exact) mass is 424 g/mol. The molecule has 0 saturated carbocycles. The first-order valence-corrected chi connectivity index (χ1v) is 9.94. The molecule has 3 aromatic heterocycles. The van der Waals surface area contributed by atoms with Crippen molar-refractivity contribution in [1.29, 1.82) is 0 Å². The summed E-state index contributed by atoms with van der Waals surface area (Å²) in [5, 5.41) is 9.43. The molecule has 0 bridgehead atoms. The molecule has 0 fully saturated rings. The molecule has 1 amide bonds. The summed E-state index contributed by atoms with van der Waals surface area (Å²) in [5.74, 6) is 0.994. The van der Waals surface area contributed by atoms with Crippen LogP contribution in [0.1, 0.15) is 16.2 Å². The first-order chi connectivity index (χ1) is 14.5. The fraction of sp³-hybridized carbons (Fsp3) is 0.190. The average Bonchev–Trinajstić information content (AvgIpc) is 3.42. The van der Waals surface area contributed by atoms with Gasteiger partial charge in [0.1, 0.15) is 11.4 Å². The van der Waals surface area contributed by atoms with Crippen LogP contribution in [0.25, 0.3) is 16.2 Å². The first kappa shape index (κ1) is 19.7. The molecule has 0 unspecified atom stereocenters. The van der Waals surface area contributed by atoms with E-state index >= 15 is 0 Å². The van der Waals surface area contributed by atoms with Crippen molar-refractivity contribution in [2.24, 2.45) is 0 Å². The van der Waals surface area contributed by atoms with Gasteiger partial charge in [-0.3, -0.25) is 4.79 Å². The number of aryl methyl sites for hydroxylation is 1. The molecule has 0 aliphatic carbocycles. The molecule has 30 heavy (non-hydrogen) atoms. The highest BCUT2D eigenvalue weighted by atomic mass is 32.1. The number of fused-ring (bicyclic) bond motifs is 1. The molecule has 0 aliphatic rings. The number of methoxy groups -OCH3 is 3. The Balaban J connectivity index is 1.67. The topological polar surface area (TPSA) is 87.0 Å². The van der Waals surface area contributed by atoms with Crippen LogP contribution in [0.3, 0.4) is 0 Å². The molecule has 1 aromatic carbocycles. The summed E-state index contributed by atoms with van der Waals surface area (Å²) in [5.41, 5.74) is 3.02. The molecule has 0 radical (unpaired) electrons. The number of nitrogens with one attached hydrogen (secondary N) is 1. The van der Waals surface area contributed by atoms with Gasteiger partial charge in [0.15, 0.2) is 17.1 Å². The number of carbonyl (C=O) groups is 1. The zero-order valence-corrected chi connectivity index (χ0v) is 17.7. The molecular formula is C21H20N4O4S. The van der Waals surface area contributed by atoms with Gasteiger partial charge in [-0.15, -0.1) is 11.3 Å². The van der Waals surface area contributed by atoms with Crippen molar-refractivity contribution in [2.45, 2.75) is 6.92 Å². The Labute approximate surface area is 177 Å². The van der Waals surface area contributed by atoms with Gasteiger partial charge in [-0.25, -0.2) is 9.50 Å². The predicted octanol–water partition coefficient (Wildman–Crippen LogP) is 4.04. The fourth-order valence-corrected chi connectivity index (χ4v) is 3.82. The first-order valence-electron chi connectivity index (χ1n) is 9.06. The summed E-state index contributed by atoms with van der Waals surface area (Å²) in [6.45, 7) is 1.89. The van der Waals surface area contributed by atoms with E-state index < -0.39 is 0 Å². The van der Waals surface area contributed by atoms with Crippen LogP contribution in [0.15, 0.2) is 41.8 Å². The number of carbonyl (C=O) groups excluding carboxylic acids is 1.